The van der Waals surface area contributed by atoms with Gasteiger partial charge in [0, 0.05) is 37.9 Å². The Balaban J connectivity index is 1.59. The summed E-state index contributed by atoms with van der Waals surface area (Å²) >= 11 is 0. The van der Waals surface area contributed by atoms with Gasteiger partial charge < -0.3 is 10.3 Å². The summed E-state index contributed by atoms with van der Waals surface area (Å²) in [5.74, 6) is 0. The molecule has 1 aliphatic rings. The quantitative estimate of drug-likeness (QED) is 0.939. The lowest BCUT2D eigenvalue weighted by atomic mass is 10.0. The van der Waals surface area contributed by atoms with E-state index in [-0.39, 0.29) is 6.04 Å². The molecule has 2 aromatic rings. The van der Waals surface area contributed by atoms with Gasteiger partial charge in [-0.1, -0.05) is 30.3 Å². The van der Waals surface area contributed by atoms with Crippen molar-refractivity contribution in [3.63, 3.8) is 0 Å². The minimum absolute atomic E-state index is 0.0508. The van der Waals surface area contributed by atoms with E-state index < -0.39 is 0 Å². The summed E-state index contributed by atoms with van der Waals surface area (Å²) < 4.78 is 2.28. The van der Waals surface area contributed by atoms with E-state index >= 15 is 0 Å². The highest BCUT2D eigenvalue weighted by atomic mass is 15.2. The number of hydrogen-bond donors (Lipinski definition) is 1. The van der Waals surface area contributed by atoms with Crippen LogP contribution in [0.5, 0.6) is 0 Å². The molecule has 1 fully saturated rings. The van der Waals surface area contributed by atoms with Crippen molar-refractivity contribution in [2.75, 3.05) is 13.1 Å². The second kappa shape index (κ2) is 6.41. The maximum absolute atomic E-state index is 6.02. The van der Waals surface area contributed by atoms with Gasteiger partial charge in [0.1, 0.15) is 0 Å². The van der Waals surface area contributed by atoms with Gasteiger partial charge in [-0.05, 0) is 25.3 Å². The minimum atomic E-state index is 0.0508. The number of aromatic nitrogens is 2. The molecule has 1 atom stereocenters. The van der Waals surface area contributed by atoms with E-state index in [0.717, 1.165) is 25.3 Å². The fourth-order valence-electron chi connectivity index (χ4n) is 3.17. The third-order valence-corrected chi connectivity index (χ3v) is 4.36. The Hall–Kier alpha value is -1.65. The molecule has 0 aliphatic carbocycles. The first-order valence-corrected chi connectivity index (χ1v) is 7.77. The molecule has 1 saturated heterocycles. The lowest BCUT2D eigenvalue weighted by Crippen LogP contribution is -2.34. The van der Waals surface area contributed by atoms with Crippen LogP contribution in [-0.4, -0.2) is 27.5 Å². The van der Waals surface area contributed by atoms with Gasteiger partial charge >= 0.3 is 0 Å². The molecule has 1 aromatic carbocycles. The molecular weight excluding hydrogens is 260 g/mol. The molecule has 1 aliphatic heterocycles. The van der Waals surface area contributed by atoms with Crippen molar-refractivity contribution in [2.45, 2.75) is 38.4 Å². The van der Waals surface area contributed by atoms with Gasteiger partial charge in [0.2, 0.25) is 0 Å². The number of nitrogens with zero attached hydrogens (tertiary/aromatic N) is 3. The van der Waals surface area contributed by atoms with Crippen LogP contribution in [0.15, 0.2) is 42.9 Å². The van der Waals surface area contributed by atoms with Gasteiger partial charge in [-0.2, -0.15) is 0 Å². The summed E-state index contributed by atoms with van der Waals surface area (Å²) in [4.78, 5) is 6.81. The molecule has 0 bridgehead atoms. The largest absolute Gasteiger partial charge is 0.330 e. The van der Waals surface area contributed by atoms with Crippen molar-refractivity contribution >= 4 is 0 Å². The summed E-state index contributed by atoms with van der Waals surface area (Å²) in [7, 11) is 0. The Bertz CT molecular complexity index is 553. The highest BCUT2D eigenvalue weighted by molar-refractivity contribution is 5.14. The lowest BCUT2D eigenvalue weighted by Gasteiger charge is -2.33. The predicted octanol–water partition coefficient (Wildman–Crippen LogP) is 2.74. The predicted molar refractivity (Wildman–Crippen MR) is 84.8 cm³/mol. The SMILES string of the molecule is C[C@@H](N)c1cncn1C1CCN(Cc2ccccc2)CC1. The van der Waals surface area contributed by atoms with Crippen molar-refractivity contribution in [2.24, 2.45) is 5.73 Å². The molecule has 4 nitrogen and oxygen atoms in total. The zero-order valence-electron chi connectivity index (χ0n) is 12.7. The van der Waals surface area contributed by atoms with Gasteiger partial charge in [0.05, 0.1) is 12.0 Å². The molecule has 0 amide bonds. The van der Waals surface area contributed by atoms with E-state index in [1.807, 2.05) is 19.4 Å². The number of hydrogen-bond acceptors (Lipinski definition) is 3. The Morgan fingerprint density at radius 2 is 1.95 bits per heavy atom. The number of rotatable bonds is 4. The summed E-state index contributed by atoms with van der Waals surface area (Å²) in [6, 6.07) is 11.3. The van der Waals surface area contributed by atoms with Gasteiger partial charge in [-0.3, -0.25) is 4.90 Å². The third kappa shape index (κ3) is 3.34. The van der Waals surface area contributed by atoms with Crippen LogP contribution < -0.4 is 5.73 Å². The summed E-state index contributed by atoms with van der Waals surface area (Å²) in [5, 5.41) is 0. The number of benzene rings is 1. The monoisotopic (exact) mass is 284 g/mol. The number of likely N-dealkylation sites (tertiary alicyclic amines) is 1. The minimum Gasteiger partial charge on any atom is -0.330 e. The molecule has 0 unspecified atom stereocenters. The van der Waals surface area contributed by atoms with E-state index in [2.05, 4.69) is 44.8 Å². The van der Waals surface area contributed by atoms with Crippen LogP contribution in [-0.2, 0) is 6.54 Å². The van der Waals surface area contributed by atoms with Crippen molar-refractivity contribution in [1.29, 1.82) is 0 Å². The highest BCUT2D eigenvalue weighted by Gasteiger charge is 2.22. The highest BCUT2D eigenvalue weighted by Crippen LogP contribution is 2.26. The molecule has 2 heterocycles. The van der Waals surface area contributed by atoms with Crippen molar-refractivity contribution in [3.05, 3.63) is 54.1 Å². The van der Waals surface area contributed by atoms with Crippen LogP contribution in [0.25, 0.3) is 0 Å². The van der Waals surface area contributed by atoms with Gasteiger partial charge in [0.15, 0.2) is 0 Å². The van der Waals surface area contributed by atoms with Crippen LogP contribution in [0.1, 0.15) is 43.1 Å². The molecule has 2 N–H and O–H groups in total. The first kappa shape index (κ1) is 14.3. The van der Waals surface area contributed by atoms with Crippen LogP contribution in [0.3, 0.4) is 0 Å². The Labute approximate surface area is 126 Å². The van der Waals surface area contributed by atoms with E-state index in [9.17, 15) is 0 Å². The molecular formula is C17H24N4. The van der Waals surface area contributed by atoms with E-state index in [4.69, 9.17) is 5.73 Å². The molecule has 0 saturated carbocycles. The zero-order valence-corrected chi connectivity index (χ0v) is 12.7. The molecule has 4 heteroatoms. The fourth-order valence-corrected chi connectivity index (χ4v) is 3.17. The van der Waals surface area contributed by atoms with Crippen LogP contribution in [0.4, 0.5) is 0 Å². The topological polar surface area (TPSA) is 47.1 Å². The van der Waals surface area contributed by atoms with E-state index in [0.29, 0.717) is 6.04 Å². The lowest BCUT2D eigenvalue weighted by molar-refractivity contribution is 0.177. The van der Waals surface area contributed by atoms with E-state index in [1.165, 1.54) is 18.4 Å². The molecule has 3 rings (SSSR count). The van der Waals surface area contributed by atoms with Gasteiger partial charge in [-0.25, -0.2) is 4.98 Å². The first-order valence-electron chi connectivity index (χ1n) is 7.77. The first-order chi connectivity index (χ1) is 10.2. The fraction of sp³-hybridized carbons (Fsp3) is 0.471. The van der Waals surface area contributed by atoms with Crippen molar-refractivity contribution < 1.29 is 0 Å². The molecule has 0 spiro atoms. The summed E-state index contributed by atoms with van der Waals surface area (Å²) in [6.45, 7) is 5.35. The van der Waals surface area contributed by atoms with Crippen molar-refractivity contribution in [1.82, 2.24) is 14.5 Å². The Morgan fingerprint density at radius 3 is 2.62 bits per heavy atom. The molecule has 0 radical (unpaired) electrons. The number of imidazole rings is 1. The maximum Gasteiger partial charge on any atom is 0.0951 e. The van der Waals surface area contributed by atoms with Gasteiger partial charge in [0.25, 0.3) is 0 Å². The zero-order chi connectivity index (χ0) is 14.7. The molecule has 21 heavy (non-hydrogen) atoms. The Morgan fingerprint density at radius 1 is 1.24 bits per heavy atom. The maximum atomic E-state index is 6.02. The number of piperidine rings is 1. The third-order valence-electron chi connectivity index (χ3n) is 4.36. The summed E-state index contributed by atoms with van der Waals surface area (Å²) in [6.07, 6.45) is 6.18. The molecule has 1 aromatic heterocycles. The van der Waals surface area contributed by atoms with Crippen LogP contribution in [0, 0.1) is 0 Å². The van der Waals surface area contributed by atoms with E-state index in [1.54, 1.807) is 0 Å². The Kier molecular flexibility index (Phi) is 4.36. The standard InChI is InChI=1S/C17H24N4/c1-14(18)17-11-19-13-21(17)16-7-9-20(10-8-16)12-15-5-3-2-4-6-15/h2-6,11,13-14,16H,7-10,12,18H2,1H3/t14-/m1/s1. The number of nitrogens with two attached hydrogens (primary N) is 1. The van der Waals surface area contributed by atoms with Gasteiger partial charge in [-0.15, -0.1) is 0 Å². The average molecular weight is 284 g/mol. The van der Waals surface area contributed by atoms with Crippen LogP contribution in [0.2, 0.25) is 0 Å². The smallest absolute Gasteiger partial charge is 0.0951 e. The summed E-state index contributed by atoms with van der Waals surface area (Å²) in [5.41, 5.74) is 8.57. The normalized spacial score (nSPS) is 18.8. The second-order valence-electron chi connectivity index (χ2n) is 6.01. The van der Waals surface area contributed by atoms with Crippen molar-refractivity contribution in [3.8, 4) is 0 Å². The molecule has 112 valence electrons. The van der Waals surface area contributed by atoms with Crippen LogP contribution >= 0.6 is 0 Å². The average Bonchev–Trinajstić information content (AvgIpc) is 2.99. The second-order valence-corrected chi connectivity index (χ2v) is 6.01.